The molecule has 0 aliphatic rings. The van der Waals surface area contributed by atoms with Crippen LogP contribution in [0.25, 0.3) is 10.1 Å². The molecule has 1 aromatic carbocycles. The van der Waals surface area contributed by atoms with Gasteiger partial charge < -0.3 is 4.74 Å². The van der Waals surface area contributed by atoms with Gasteiger partial charge in [0.2, 0.25) is 0 Å². The van der Waals surface area contributed by atoms with Crippen LogP contribution in [0.2, 0.25) is 0 Å². The lowest BCUT2D eigenvalue weighted by atomic mass is 10.2. The van der Waals surface area contributed by atoms with Gasteiger partial charge in [-0.3, -0.25) is 0 Å². The Labute approximate surface area is 99.6 Å². The maximum Gasteiger partial charge on any atom is 0.133 e. The average molecular weight is 322 g/mol. The molecule has 0 amide bonds. The van der Waals surface area contributed by atoms with Gasteiger partial charge in [-0.05, 0) is 34.7 Å². The molecule has 13 heavy (non-hydrogen) atoms. The number of fused-ring (bicyclic) bond motifs is 1. The fraction of sp³-hybridized carbons (Fsp3) is 0.111. The maximum absolute atomic E-state index is 5.19. The summed E-state index contributed by atoms with van der Waals surface area (Å²) in [6.07, 6.45) is 0. The third-order valence-electron chi connectivity index (χ3n) is 1.83. The molecule has 0 radical (unpaired) electrons. The molecule has 0 saturated carbocycles. The Hall–Kier alpha value is 0.0600. The molecule has 4 heteroatoms. The molecule has 0 aliphatic carbocycles. The van der Waals surface area contributed by atoms with E-state index in [9.17, 15) is 0 Å². The van der Waals surface area contributed by atoms with Gasteiger partial charge in [0.25, 0.3) is 0 Å². The molecule has 0 spiro atoms. The molecular weight excluding hydrogens is 315 g/mol. The summed E-state index contributed by atoms with van der Waals surface area (Å²) < 4.78 is 7.71. The van der Waals surface area contributed by atoms with Crippen LogP contribution in [0.1, 0.15) is 0 Å². The van der Waals surface area contributed by atoms with Crippen molar-refractivity contribution in [2.24, 2.45) is 0 Å². The summed E-state index contributed by atoms with van der Waals surface area (Å²) >= 11 is 8.41. The topological polar surface area (TPSA) is 9.23 Å². The first-order valence-electron chi connectivity index (χ1n) is 3.66. The van der Waals surface area contributed by atoms with Crippen LogP contribution in [0.5, 0.6) is 5.75 Å². The highest BCUT2D eigenvalue weighted by Crippen LogP contribution is 2.34. The standard InChI is InChI=1S/C9H7IOS2/c1-11-7-3-9-5(2-8(7)12)6(10)4-13-9/h2-4,12H,1H3. The highest BCUT2D eigenvalue weighted by Gasteiger charge is 2.06. The fourth-order valence-corrected chi connectivity index (χ4v) is 3.30. The largest absolute Gasteiger partial charge is 0.496 e. The van der Waals surface area contributed by atoms with Gasteiger partial charge in [0, 0.05) is 23.9 Å². The SMILES string of the molecule is COc1cc2scc(I)c2cc1S. The molecule has 0 aliphatic heterocycles. The molecule has 0 atom stereocenters. The quantitative estimate of drug-likeness (QED) is 0.621. The number of hydrogen-bond donors (Lipinski definition) is 1. The molecule has 68 valence electrons. The number of benzene rings is 1. The second-order valence-corrected chi connectivity index (χ2v) is 5.16. The highest BCUT2D eigenvalue weighted by atomic mass is 127. The number of ether oxygens (including phenoxy) is 1. The van der Waals surface area contributed by atoms with Crippen LogP contribution in [0.4, 0.5) is 0 Å². The van der Waals surface area contributed by atoms with Gasteiger partial charge in [0.15, 0.2) is 0 Å². The van der Waals surface area contributed by atoms with E-state index in [1.54, 1.807) is 18.4 Å². The minimum atomic E-state index is 0.842. The molecule has 0 bridgehead atoms. The molecular formula is C9H7IOS2. The van der Waals surface area contributed by atoms with Gasteiger partial charge >= 0.3 is 0 Å². The number of halogens is 1. The van der Waals surface area contributed by atoms with E-state index in [0.29, 0.717) is 0 Å². The third kappa shape index (κ3) is 1.67. The second kappa shape index (κ2) is 3.67. The van der Waals surface area contributed by atoms with E-state index in [1.807, 2.05) is 6.07 Å². The number of methoxy groups -OCH3 is 1. The van der Waals surface area contributed by atoms with E-state index in [-0.39, 0.29) is 0 Å². The molecule has 1 heterocycles. The minimum absolute atomic E-state index is 0.842. The summed E-state index contributed by atoms with van der Waals surface area (Å²) in [5.74, 6) is 0.842. The number of thiophene rings is 1. The Morgan fingerprint density at radius 2 is 2.23 bits per heavy atom. The van der Waals surface area contributed by atoms with E-state index in [2.05, 4.69) is 46.7 Å². The summed E-state index contributed by atoms with van der Waals surface area (Å²) in [4.78, 5) is 0.895. The molecule has 0 unspecified atom stereocenters. The van der Waals surface area contributed by atoms with E-state index >= 15 is 0 Å². The van der Waals surface area contributed by atoms with Gasteiger partial charge in [-0.2, -0.15) is 0 Å². The van der Waals surface area contributed by atoms with Gasteiger partial charge in [0.1, 0.15) is 5.75 Å². The molecule has 2 aromatic rings. The van der Waals surface area contributed by atoms with E-state index in [4.69, 9.17) is 4.74 Å². The zero-order valence-electron chi connectivity index (χ0n) is 6.87. The zero-order valence-corrected chi connectivity index (χ0v) is 10.7. The summed E-state index contributed by atoms with van der Waals surface area (Å²) in [6, 6.07) is 4.08. The van der Waals surface area contributed by atoms with Gasteiger partial charge in [-0.15, -0.1) is 24.0 Å². The molecule has 0 fully saturated rings. The predicted octanol–water partition coefficient (Wildman–Crippen LogP) is 3.80. The number of rotatable bonds is 1. The van der Waals surface area contributed by atoms with E-state index in [0.717, 1.165) is 10.6 Å². The van der Waals surface area contributed by atoms with Gasteiger partial charge in [0.05, 0.1) is 7.11 Å². The Balaban J connectivity index is 2.76. The van der Waals surface area contributed by atoms with Gasteiger partial charge in [-0.1, -0.05) is 0 Å². The average Bonchev–Trinajstić information content (AvgIpc) is 2.47. The smallest absolute Gasteiger partial charge is 0.133 e. The first-order valence-corrected chi connectivity index (χ1v) is 6.06. The first-order chi connectivity index (χ1) is 6.22. The lowest BCUT2D eigenvalue weighted by molar-refractivity contribution is 0.406. The third-order valence-corrected chi connectivity index (χ3v) is 4.44. The number of hydrogen-bond acceptors (Lipinski definition) is 3. The van der Waals surface area contributed by atoms with Crippen LogP contribution >= 0.6 is 46.6 Å². The molecule has 0 N–H and O–H groups in total. The zero-order chi connectivity index (χ0) is 9.42. The van der Waals surface area contributed by atoms with Crippen molar-refractivity contribution in [2.75, 3.05) is 7.11 Å². The van der Waals surface area contributed by atoms with Crippen LogP contribution < -0.4 is 4.74 Å². The van der Waals surface area contributed by atoms with Crippen molar-refractivity contribution in [3.63, 3.8) is 0 Å². The second-order valence-electron chi connectivity index (χ2n) is 2.60. The Morgan fingerprint density at radius 1 is 1.46 bits per heavy atom. The normalized spacial score (nSPS) is 10.7. The predicted molar refractivity (Wildman–Crippen MR) is 68.3 cm³/mol. The van der Waals surface area contributed by atoms with E-state index < -0.39 is 0 Å². The summed E-state index contributed by atoms with van der Waals surface area (Å²) in [5.41, 5.74) is 0. The van der Waals surface area contributed by atoms with Gasteiger partial charge in [-0.25, -0.2) is 0 Å². The summed E-state index contributed by atoms with van der Waals surface area (Å²) in [6.45, 7) is 0. The number of thiol groups is 1. The fourth-order valence-electron chi connectivity index (χ4n) is 1.18. The molecule has 1 nitrogen and oxygen atoms in total. The minimum Gasteiger partial charge on any atom is -0.496 e. The van der Waals surface area contributed by atoms with Crippen LogP contribution in [-0.4, -0.2) is 7.11 Å². The van der Waals surface area contributed by atoms with Crippen molar-refractivity contribution in [1.29, 1.82) is 0 Å². The Kier molecular flexibility index (Phi) is 2.71. The van der Waals surface area contributed by atoms with E-state index in [1.165, 1.54) is 13.7 Å². The monoisotopic (exact) mass is 322 g/mol. The van der Waals surface area contributed by atoms with Crippen molar-refractivity contribution in [3.8, 4) is 5.75 Å². The highest BCUT2D eigenvalue weighted by molar-refractivity contribution is 14.1. The van der Waals surface area contributed by atoms with Crippen molar-refractivity contribution in [3.05, 3.63) is 21.1 Å². The van der Waals surface area contributed by atoms with Crippen LogP contribution in [0.15, 0.2) is 22.4 Å². The maximum atomic E-state index is 5.19. The van der Waals surface area contributed by atoms with Crippen LogP contribution in [0.3, 0.4) is 0 Å². The Morgan fingerprint density at radius 3 is 2.92 bits per heavy atom. The van der Waals surface area contributed by atoms with Crippen molar-refractivity contribution in [1.82, 2.24) is 0 Å². The summed E-state index contributed by atoms with van der Waals surface area (Å²) in [7, 11) is 1.67. The molecule has 1 aromatic heterocycles. The van der Waals surface area contributed by atoms with Crippen molar-refractivity contribution < 1.29 is 4.74 Å². The lowest BCUT2D eigenvalue weighted by Gasteiger charge is -2.03. The van der Waals surface area contributed by atoms with Crippen molar-refractivity contribution in [2.45, 2.75) is 4.90 Å². The molecule has 0 saturated heterocycles. The lowest BCUT2D eigenvalue weighted by Crippen LogP contribution is -1.83. The van der Waals surface area contributed by atoms with Crippen LogP contribution in [0, 0.1) is 3.57 Å². The summed E-state index contributed by atoms with van der Waals surface area (Å²) in [5, 5.41) is 3.40. The first kappa shape index (κ1) is 9.61. The van der Waals surface area contributed by atoms with Crippen LogP contribution in [-0.2, 0) is 0 Å². The Bertz CT molecular complexity index is 450. The molecule has 2 rings (SSSR count). The van der Waals surface area contributed by atoms with Crippen molar-refractivity contribution >= 4 is 56.6 Å².